The van der Waals surface area contributed by atoms with Gasteiger partial charge in [0.2, 0.25) is 0 Å². The zero-order valence-electron chi connectivity index (χ0n) is 12.9. The first kappa shape index (κ1) is 16.3. The zero-order valence-corrected chi connectivity index (χ0v) is 12.9. The predicted octanol–water partition coefficient (Wildman–Crippen LogP) is 2.73. The Kier molecular flexibility index (Phi) is 5.80. The molecule has 0 unspecified atom stereocenters. The van der Waals surface area contributed by atoms with Crippen molar-refractivity contribution in [1.82, 2.24) is 4.57 Å². The van der Waals surface area contributed by atoms with Gasteiger partial charge in [-0.25, -0.2) is 9.59 Å². The molecule has 1 heterocycles. The number of rotatable bonds is 6. The molecule has 0 aliphatic carbocycles. The van der Waals surface area contributed by atoms with Crippen LogP contribution in [0.4, 0.5) is 0 Å². The van der Waals surface area contributed by atoms with Crippen LogP contribution in [0.25, 0.3) is 0 Å². The summed E-state index contributed by atoms with van der Waals surface area (Å²) in [5.74, 6) is -0.767. The summed E-state index contributed by atoms with van der Waals surface area (Å²) in [7, 11) is 0. The van der Waals surface area contributed by atoms with Crippen molar-refractivity contribution in [2.45, 2.75) is 47.6 Å². The van der Waals surface area contributed by atoms with Crippen molar-refractivity contribution in [3.05, 3.63) is 22.5 Å². The van der Waals surface area contributed by atoms with Crippen LogP contribution >= 0.6 is 0 Å². The second-order valence-electron chi connectivity index (χ2n) is 4.33. The third-order valence-corrected chi connectivity index (χ3v) is 3.21. The highest BCUT2D eigenvalue weighted by atomic mass is 16.5. The van der Waals surface area contributed by atoms with Gasteiger partial charge in [-0.1, -0.05) is 6.92 Å². The van der Waals surface area contributed by atoms with Crippen molar-refractivity contribution >= 4 is 11.9 Å². The Morgan fingerprint density at radius 1 is 1.00 bits per heavy atom. The maximum atomic E-state index is 12.1. The van der Waals surface area contributed by atoms with E-state index < -0.39 is 5.97 Å². The van der Waals surface area contributed by atoms with E-state index in [9.17, 15) is 9.59 Å². The molecule has 0 bridgehead atoms. The molecule has 0 aromatic carbocycles. The molecular weight excluding hydrogens is 258 g/mol. The molecule has 0 aliphatic rings. The quantitative estimate of drug-likeness (QED) is 0.752. The van der Waals surface area contributed by atoms with Crippen molar-refractivity contribution in [2.24, 2.45) is 0 Å². The predicted molar refractivity (Wildman–Crippen MR) is 76.1 cm³/mol. The zero-order chi connectivity index (χ0) is 15.3. The highest BCUT2D eigenvalue weighted by Gasteiger charge is 2.28. The Bertz CT molecular complexity index is 459. The van der Waals surface area contributed by atoms with Crippen LogP contribution in [-0.4, -0.2) is 29.7 Å². The van der Waals surface area contributed by atoms with E-state index >= 15 is 0 Å². The molecule has 0 saturated carbocycles. The average Bonchev–Trinajstić information content (AvgIpc) is 2.71. The maximum Gasteiger partial charge on any atom is 0.355 e. The number of carbonyl (C=O) groups excluding carboxylic acids is 2. The molecule has 0 fully saturated rings. The fraction of sp³-hybridized carbons (Fsp3) is 0.600. The number of esters is 2. The van der Waals surface area contributed by atoms with Gasteiger partial charge in [-0.15, -0.1) is 0 Å². The second kappa shape index (κ2) is 7.12. The normalized spacial score (nSPS) is 10.4. The minimum Gasteiger partial charge on any atom is -0.462 e. The van der Waals surface area contributed by atoms with Crippen LogP contribution in [0.1, 0.15) is 59.8 Å². The van der Waals surface area contributed by atoms with E-state index in [1.165, 1.54) is 0 Å². The van der Waals surface area contributed by atoms with E-state index in [0.717, 1.165) is 5.69 Å². The van der Waals surface area contributed by atoms with E-state index in [2.05, 4.69) is 0 Å². The Morgan fingerprint density at radius 3 is 2.00 bits per heavy atom. The van der Waals surface area contributed by atoms with Gasteiger partial charge in [-0.05, 0) is 39.7 Å². The van der Waals surface area contributed by atoms with Gasteiger partial charge in [0.25, 0.3) is 0 Å². The van der Waals surface area contributed by atoms with Crippen molar-refractivity contribution in [2.75, 3.05) is 13.2 Å². The molecule has 20 heavy (non-hydrogen) atoms. The Morgan fingerprint density at radius 2 is 1.55 bits per heavy atom. The fourth-order valence-corrected chi connectivity index (χ4v) is 2.46. The van der Waals surface area contributed by atoms with Gasteiger partial charge in [-0.3, -0.25) is 0 Å². The summed E-state index contributed by atoms with van der Waals surface area (Å²) < 4.78 is 12.0. The van der Waals surface area contributed by atoms with E-state index in [-0.39, 0.29) is 5.97 Å². The van der Waals surface area contributed by atoms with Crippen LogP contribution in [-0.2, 0) is 22.4 Å². The molecule has 0 N–H and O–H groups in total. The number of aromatic nitrogens is 1. The van der Waals surface area contributed by atoms with Crippen molar-refractivity contribution in [3.8, 4) is 0 Å². The first-order valence-corrected chi connectivity index (χ1v) is 7.09. The van der Waals surface area contributed by atoms with Crippen molar-refractivity contribution in [1.29, 1.82) is 0 Å². The summed E-state index contributed by atoms with van der Waals surface area (Å²) in [6.45, 7) is 10.4. The Balaban J connectivity index is 3.45. The van der Waals surface area contributed by atoms with Gasteiger partial charge in [0.15, 0.2) is 0 Å². The molecule has 5 nitrogen and oxygen atoms in total. The van der Waals surface area contributed by atoms with Crippen LogP contribution in [0.5, 0.6) is 0 Å². The van der Waals surface area contributed by atoms with E-state index in [1.807, 2.05) is 18.4 Å². The number of hydrogen-bond donors (Lipinski definition) is 0. The fourth-order valence-electron chi connectivity index (χ4n) is 2.46. The summed E-state index contributed by atoms with van der Waals surface area (Å²) in [5, 5.41) is 0. The monoisotopic (exact) mass is 281 g/mol. The number of hydrogen-bond acceptors (Lipinski definition) is 4. The van der Waals surface area contributed by atoms with E-state index in [0.29, 0.717) is 43.0 Å². The van der Waals surface area contributed by atoms with Crippen molar-refractivity contribution < 1.29 is 19.1 Å². The summed E-state index contributed by atoms with van der Waals surface area (Å²) in [5.41, 5.74) is 2.42. The van der Waals surface area contributed by atoms with Crippen LogP contribution in [0, 0.1) is 6.92 Å². The van der Waals surface area contributed by atoms with Crippen LogP contribution in [0.15, 0.2) is 0 Å². The van der Waals surface area contributed by atoms with Gasteiger partial charge in [-0.2, -0.15) is 0 Å². The SMILES string of the molecule is CCOC(=O)c1c(C)c(C(=O)OCC)n(CC)c1CC. The van der Waals surface area contributed by atoms with Gasteiger partial charge in [0, 0.05) is 12.2 Å². The molecule has 0 amide bonds. The molecule has 1 aromatic heterocycles. The Labute approximate surface area is 119 Å². The summed E-state index contributed by atoms with van der Waals surface area (Å²) in [6.07, 6.45) is 0.655. The van der Waals surface area contributed by atoms with E-state index in [1.54, 1.807) is 20.8 Å². The van der Waals surface area contributed by atoms with Gasteiger partial charge < -0.3 is 14.0 Å². The molecule has 5 heteroatoms. The molecule has 0 atom stereocenters. The van der Waals surface area contributed by atoms with Crippen LogP contribution in [0.2, 0.25) is 0 Å². The first-order chi connectivity index (χ1) is 9.53. The largest absolute Gasteiger partial charge is 0.462 e. The third-order valence-electron chi connectivity index (χ3n) is 3.21. The highest BCUT2D eigenvalue weighted by molar-refractivity contribution is 5.99. The molecule has 0 spiro atoms. The molecule has 112 valence electrons. The molecule has 1 rings (SSSR count). The molecule has 0 saturated heterocycles. The number of carbonyl (C=O) groups is 2. The smallest absolute Gasteiger partial charge is 0.355 e. The van der Waals surface area contributed by atoms with Gasteiger partial charge in [0.05, 0.1) is 18.8 Å². The summed E-state index contributed by atoms with van der Waals surface area (Å²) >= 11 is 0. The maximum absolute atomic E-state index is 12.1. The minimum atomic E-state index is -0.392. The standard InChI is InChI=1S/C15H23NO4/c1-6-11-12(14(17)19-8-3)10(5)13(16(11)7-2)15(18)20-9-4/h6-9H2,1-5H3. The summed E-state index contributed by atoms with van der Waals surface area (Å²) in [4.78, 5) is 24.2. The first-order valence-electron chi connectivity index (χ1n) is 7.09. The van der Waals surface area contributed by atoms with Gasteiger partial charge in [0.1, 0.15) is 5.69 Å². The van der Waals surface area contributed by atoms with Crippen LogP contribution < -0.4 is 0 Å². The lowest BCUT2D eigenvalue weighted by Crippen LogP contribution is -2.14. The lowest BCUT2D eigenvalue weighted by atomic mass is 10.1. The Hall–Kier alpha value is -1.78. The third kappa shape index (κ3) is 2.86. The average molecular weight is 281 g/mol. The van der Waals surface area contributed by atoms with Gasteiger partial charge >= 0.3 is 11.9 Å². The van der Waals surface area contributed by atoms with Crippen LogP contribution in [0.3, 0.4) is 0 Å². The number of nitrogens with zero attached hydrogens (tertiary/aromatic N) is 1. The molecule has 0 radical (unpaired) electrons. The molecule has 1 aromatic rings. The molecular formula is C15H23NO4. The number of ether oxygens (including phenoxy) is 2. The minimum absolute atomic E-state index is 0.309. The van der Waals surface area contributed by atoms with Crippen molar-refractivity contribution in [3.63, 3.8) is 0 Å². The van der Waals surface area contributed by atoms with E-state index in [4.69, 9.17) is 9.47 Å². The second-order valence-corrected chi connectivity index (χ2v) is 4.33. The topological polar surface area (TPSA) is 57.5 Å². The highest BCUT2D eigenvalue weighted by Crippen LogP contribution is 2.25. The molecule has 0 aliphatic heterocycles. The lowest BCUT2D eigenvalue weighted by molar-refractivity contribution is 0.0511. The summed E-state index contributed by atoms with van der Waals surface area (Å²) in [6, 6.07) is 0. The lowest BCUT2D eigenvalue weighted by Gasteiger charge is -2.10.